The van der Waals surface area contributed by atoms with E-state index in [1.807, 2.05) is 10.7 Å². The summed E-state index contributed by atoms with van der Waals surface area (Å²) in [6.07, 6.45) is 6.20. The van der Waals surface area contributed by atoms with Gasteiger partial charge in [-0.1, -0.05) is 18.2 Å². The van der Waals surface area contributed by atoms with Crippen molar-refractivity contribution in [3.05, 3.63) is 70.4 Å². The summed E-state index contributed by atoms with van der Waals surface area (Å²) < 4.78 is 30.2. The molecular formula is C22H23N5O2S2. The summed E-state index contributed by atoms with van der Waals surface area (Å²) in [6, 6.07) is 10.2. The molecule has 4 aromatic rings. The third kappa shape index (κ3) is 3.84. The summed E-state index contributed by atoms with van der Waals surface area (Å²) in [5.74, 6) is 0. The smallest absolute Gasteiger partial charge is 0.263 e. The van der Waals surface area contributed by atoms with Crippen LogP contribution in [-0.4, -0.2) is 29.2 Å². The molecule has 0 radical (unpaired) electrons. The van der Waals surface area contributed by atoms with Gasteiger partial charge in [0.05, 0.1) is 23.2 Å². The van der Waals surface area contributed by atoms with Crippen molar-refractivity contribution in [1.82, 2.24) is 14.8 Å². The van der Waals surface area contributed by atoms with Crippen molar-refractivity contribution >= 4 is 37.4 Å². The van der Waals surface area contributed by atoms with Gasteiger partial charge in [-0.3, -0.25) is 9.40 Å². The quantitative estimate of drug-likeness (QED) is 0.482. The summed E-state index contributed by atoms with van der Waals surface area (Å²) in [4.78, 5) is 4.25. The van der Waals surface area contributed by atoms with Crippen LogP contribution in [0.15, 0.2) is 53.0 Å². The largest absolute Gasteiger partial charge is 0.327 e. The minimum atomic E-state index is -3.73. The van der Waals surface area contributed by atoms with Crippen molar-refractivity contribution in [2.75, 3.05) is 4.72 Å². The molecule has 0 amide bonds. The zero-order valence-corrected chi connectivity index (χ0v) is 18.7. The highest BCUT2D eigenvalue weighted by Gasteiger charge is 2.21. The number of aromatic nitrogens is 3. The molecule has 1 aliphatic carbocycles. The van der Waals surface area contributed by atoms with Crippen LogP contribution in [0.1, 0.15) is 28.7 Å². The minimum absolute atomic E-state index is 0.198. The first-order valence-corrected chi connectivity index (χ1v) is 12.5. The Morgan fingerprint density at radius 3 is 3.00 bits per heavy atom. The maximum absolute atomic E-state index is 12.9. The van der Waals surface area contributed by atoms with Gasteiger partial charge in [-0.05, 0) is 60.6 Å². The highest BCUT2D eigenvalue weighted by atomic mass is 32.2. The molecule has 2 aromatic carbocycles. The molecule has 5 rings (SSSR count). The van der Waals surface area contributed by atoms with Gasteiger partial charge in [-0.15, -0.1) is 11.3 Å². The maximum Gasteiger partial charge on any atom is 0.263 e. The average molecular weight is 454 g/mol. The van der Waals surface area contributed by atoms with Gasteiger partial charge in [0.2, 0.25) is 0 Å². The van der Waals surface area contributed by atoms with E-state index in [0.717, 1.165) is 30.2 Å². The van der Waals surface area contributed by atoms with E-state index in [2.05, 4.69) is 33.0 Å². The number of benzene rings is 2. The SMILES string of the molecule is Cc1cc2c(cnn2Cc2cccc3c2CC(N)CC3)cc1S(=O)(=O)Nc1nccs1. The van der Waals surface area contributed by atoms with Crippen LogP contribution in [0.4, 0.5) is 5.13 Å². The second-order valence-corrected chi connectivity index (χ2v) is 10.5. The molecule has 1 aliphatic rings. The van der Waals surface area contributed by atoms with E-state index in [0.29, 0.717) is 17.2 Å². The van der Waals surface area contributed by atoms with E-state index in [1.54, 1.807) is 30.8 Å². The van der Waals surface area contributed by atoms with Crippen molar-refractivity contribution in [3.63, 3.8) is 0 Å². The van der Waals surface area contributed by atoms with Crippen molar-refractivity contribution < 1.29 is 8.42 Å². The predicted molar refractivity (Wildman–Crippen MR) is 123 cm³/mol. The first kappa shape index (κ1) is 20.2. The standard InChI is InChI=1S/C22H23N5O2S2/c1-14-9-20-17(10-21(14)31(28,29)26-22-24-7-8-30-22)12-25-27(20)13-16-4-2-3-15-5-6-18(23)11-19(15)16/h2-4,7-10,12,18H,5-6,11,13,23H2,1H3,(H,24,26). The Labute approximate surface area is 185 Å². The molecule has 2 aromatic heterocycles. The van der Waals surface area contributed by atoms with Crippen LogP contribution in [0.3, 0.4) is 0 Å². The Balaban J connectivity index is 1.50. The Morgan fingerprint density at radius 1 is 1.32 bits per heavy atom. The number of nitrogens with two attached hydrogens (primary N) is 1. The monoisotopic (exact) mass is 453 g/mol. The molecule has 0 fully saturated rings. The van der Waals surface area contributed by atoms with Crippen LogP contribution in [0, 0.1) is 6.92 Å². The van der Waals surface area contributed by atoms with E-state index in [9.17, 15) is 8.42 Å². The average Bonchev–Trinajstić information content (AvgIpc) is 3.37. The van der Waals surface area contributed by atoms with E-state index >= 15 is 0 Å². The third-order valence-corrected chi connectivity index (χ3v) is 8.12. The molecule has 0 bridgehead atoms. The van der Waals surface area contributed by atoms with E-state index in [1.165, 1.54) is 28.0 Å². The molecule has 9 heteroatoms. The van der Waals surface area contributed by atoms with E-state index in [-0.39, 0.29) is 10.9 Å². The molecule has 2 heterocycles. The van der Waals surface area contributed by atoms with E-state index < -0.39 is 10.0 Å². The number of fused-ring (bicyclic) bond motifs is 2. The Kier molecular flexibility index (Phi) is 5.04. The number of anilines is 1. The van der Waals surface area contributed by atoms with Crippen LogP contribution in [0.5, 0.6) is 0 Å². The predicted octanol–water partition coefficient (Wildman–Crippen LogP) is 3.47. The van der Waals surface area contributed by atoms with Crippen LogP contribution >= 0.6 is 11.3 Å². The lowest BCUT2D eigenvalue weighted by Crippen LogP contribution is -2.29. The number of aryl methyl sites for hydroxylation is 2. The van der Waals surface area contributed by atoms with Crippen LogP contribution in [0.25, 0.3) is 10.9 Å². The summed E-state index contributed by atoms with van der Waals surface area (Å²) in [5.41, 5.74) is 11.7. The summed E-state index contributed by atoms with van der Waals surface area (Å²) in [5, 5.41) is 7.42. The molecule has 7 nitrogen and oxygen atoms in total. The molecule has 31 heavy (non-hydrogen) atoms. The molecule has 0 saturated heterocycles. The van der Waals surface area contributed by atoms with Crippen LogP contribution < -0.4 is 10.5 Å². The summed E-state index contributed by atoms with van der Waals surface area (Å²) in [6.45, 7) is 2.43. The first-order valence-electron chi connectivity index (χ1n) is 10.1. The lowest BCUT2D eigenvalue weighted by molar-refractivity contribution is 0.568. The van der Waals surface area contributed by atoms with Gasteiger partial charge < -0.3 is 5.73 Å². The number of hydrogen-bond donors (Lipinski definition) is 2. The highest BCUT2D eigenvalue weighted by Crippen LogP contribution is 2.28. The molecule has 0 spiro atoms. The number of hydrogen-bond acceptors (Lipinski definition) is 6. The number of thiazole rings is 1. The van der Waals surface area contributed by atoms with Gasteiger partial charge in [-0.2, -0.15) is 5.10 Å². The van der Waals surface area contributed by atoms with Crippen LogP contribution in [0.2, 0.25) is 0 Å². The Hall–Kier alpha value is -2.75. The fraction of sp³-hybridized carbons (Fsp3) is 0.273. The molecule has 1 unspecified atom stereocenters. The van der Waals surface area contributed by atoms with Crippen molar-refractivity contribution in [2.24, 2.45) is 5.73 Å². The van der Waals surface area contributed by atoms with Gasteiger partial charge in [0.1, 0.15) is 0 Å². The van der Waals surface area contributed by atoms with Gasteiger partial charge in [-0.25, -0.2) is 13.4 Å². The topological polar surface area (TPSA) is 103 Å². The molecule has 160 valence electrons. The fourth-order valence-corrected chi connectivity index (χ4v) is 6.32. The molecule has 0 saturated carbocycles. The zero-order chi connectivity index (χ0) is 21.6. The van der Waals surface area contributed by atoms with Gasteiger partial charge >= 0.3 is 0 Å². The number of nitrogens with one attached hydrogen (secondary N) is 1. The summed E-state index contributed by atoms with van der Waals surface area (Å²) in [7, 11) is -3.73. The molecule has 0 aliphatic heterocycles. The number of sulfonamides is 1. The van der Waals surface area contributed by atoms with Crippen LogP contribution in [-0.2, 0) is 29.4 Å². The summed E-state index contributed by atoms with van der Waals surface area (Å²) >= 11 is 1.24. The van der Waals surface area contributed by atoms with Gasteiger partial charge in [0.15, 0.2) is 5.13 Å². The highest BCUT2D eigenvalue weighted by molar-refractivity contribution is 7.93. The van der Waals surface area contributed by atoms with Gasteiger partial charge in [0, 0.05) is 23.0 Å². The minimum Gasteiger partial charge on any atom is -0.327 e. The Morgan fingerprint density at radius 2 is 2.19 bits per heavy atom. The zero-order valence-electron chi connectivity index (χ0n) is 17.1. The second-order valence-electron chi connectivity index (χ2n) is 7.98. The fourth-order valence-electron chi connectivity index (χ4n) is 4.27. The molecule has 1 atom stereocenters. The normalized spacial score (nSPS) is 16.4. The molecular weight excluding hydrogens is 430 g/mol. The Bertz CT molecular complexity index is 1360. The lowest BCUT2D eigenvalue weighted by Gasteiger charge is -2.24. The first-order chi connectivity index (χ1) is 14.9. The lowest BCUT2D eigenvalue weighted by atomic mass is 9.86. The second kappa shape index (κ2) is 7.74. The molecule has 3 N–H and O–H groups in total. The number of rotatable bonds is 5. The van der Waals surface area contributed by atoms with Crippen molar-refractivity contribution in [2.45, 2.75) is 43.7 Å². The maximum atomic E-state index is 12.9. The number of nitrogens with zero attached hydrogens (tertiary/aromatic N) is 3. The van der Waals surface area contributed by atoms with Gasteiger partial charge in [0.25, 0.3) is 10.0 Å². The van der Waals surface area contributed by atoms with Crippen molar-refractivity contribution in [3.8, 4) is 0 Å². The van der Waals surface area contributed by atoms with E-state index in [4.69, 9.17) is 5.73 Å². The van der Waals surface area contributed by atoms with Crippen molar-refractivity contribution in [1.29, 1.82) is 0 Å². The third-order valence-electron chi connectivity index (χ3n) is 5.82.